The molecule has 0 heterocycles. The van der Waals surface area contributed by atoms with E-state index >= 15 is 0 Å². The zero-order valence-electron chi connectivity index (χ0n) is 13.6. The van der Waals surface area contributed by atoms with Crippen LogP contribution in [-0.4, -0.2) is 39.3 Å². The van der Waals surface area contributed by atoms with Gasteiger partial charge in [-0.15, -0.1) is 24.0 Å². The van der Waals surface area contributed by atoms with Crippen molar-refractivity contribution in [3.8, 4) is 0 Å². The molecule has 0 aromatic heterocycles. The summed E-state index contributed by atoms with van der Waals surface area (Å²) in [5.41, 5.74) is 3.01. The minimum atomic E-state index is 0. The van der Waals surface area contributed by atoms with E-state index in [1.165, 1.54) is 30.4 Å². The second-order valence-corrected chi connectivity index (χ2v) is 5.36. The average molecular weight is 417 g/mol. The van der Waals surface area contributed by atoms with Crippen molar-refractivity contribution in [1.29, 1.82) is 0 Å². The Labute approximate surface area is 151 Å². The van der Waals surface area contributed by atoms with Crippen LogP contribution in [0, 0.1) is 0 Å². The number of benzene rings is 1. The fourth-order valence-electron chi connectivity index (χ4n) is 2.89. The van der Waals surface area contributed by atoms with Crippen LogP contribution in [0.1, 0.15) is 36.8 Å². The molecule has 1 unspecified atom stereocenters. The van der Waals surface area contributed by atoms with Crippen LogP contribution in [0.2, 0.25) is 0 Å². The maximum absolute atomic E-state index is 5.32. The van der Waals surface area contributed by atoms with Gasteiger partial charge in [0.15, 0.2) is 5.96 Å². The first kappa shape index (κ1) is 19.2. The summed E-state index contributed by atoms with van der Waals surface area (Å²) in [6.07, 6.45) is 3.74. The monoisotopic (exact) mass is 417 g/mol. The molecule has 124 valence electrons. The fraction of sp³-hybridized carbons (Fsp3) is 0.588. The van der Waals surface area contributed by atoms with E-state index in [1.807, 2.05) is 14.0 Å². The SMILES string of the molecule is CCOCCNC(=NC)NCC1CCCc2ccccc21.I. The highest BCUT2D eigenvalue weighted by Crippen LogP contribution is 2.30. The second kappa shape index (κ2) is 10.8. The maximum atomic E-state index is 5.32. The summed E-state index contributed by atoms with van der Waals surface area (Å²) in [6.45, 7) is 5.20. The fourth-order valence-corrected chi connectivity index (χ4v) is 2.89. The molecule has 0 amide bonds. The molecule has 0 bridgehead atoms. The van der Waals surface area contributed by atoms with E-state index in [0.717, 1.165) is 25.7 Å². The van der Waals surface area contributed by atoms with Gasteiger partial charge in [0.05, 0.1) is 6.61 Å². The molecule has 1 aliphatic rings. The van der Waals surface area contributed by atoms with Crippen LogP contribution in [0.15, 0.2) is 29.3 Å². The number of aryl methyl sites for hydroxylation is 1. The van der Waals surface area contributed by atoms with Gasteiger partial charge in [0.25, 0.3) is 0 Å². The van der Waals surface area contributed by atoms with E-state index in [-0.39, 0.29) is 24.0 Å². The molecule has 0 fully saturated rings. The van der Waals surface area contributed by atoms with Crippen LogP contribution in [0.3, 0.4) is 0 Å². The van der Waals surface area contributed by atoms with Crippen molar-refractivity contribution in [2.45, 2.75) is 32.1 Å². The largest absolute Gasteiger partial charge is 0.380 e. The Morgan fingerprint density at radius 2 is 2.14 bits per heavy atom. The summed E-state index contributed by atoms with van der Waals surface area (Å²) in [6, 6.07) is 8.82. The normalized spacial score (nSPS) is 17.4. The first-order chi connectivity index (χ1) is 10.3. The Morgan fingerprint density at radius 3 is 2.91 bits per heavy atom. The van der Waals surface area contributed by atoms with Gasteiger partial charge in [0.2, 0.25) is 0 Å². The van der Waals surface area contributed by atoms with Gasteiger partial charge in [-0.25, -0.2) is 0 Å². The Hall–Kier alpha value is -0.820. The molecule has 2 rings (SSSR count). The zero-order chi connectivity index (χ0) is 14.9. The van der Waals surface area contributed by atoms with Crippen molar-refractivity contribution in [1.82, 2.24) is 10.6 Å². The van der Waals surface area contributed by atoms with E-state index < -0.39 is 0 Å². The number of hydrogen-bond acceptors (Lipinski definition) is 2. The smallest absolute Gasteiger partial charge is 0.191 e. The van der Waals surface area contributed by atoms with Gasteiger partial charge in [0.1, 0.15) is 0 Å². The van der Waals surface area contributed by atoms with Crippen LogP contribution in [0.5, 0.6) is 0 Å². The van der Waals surface area contributed by atoms with E-state index in [4.69, 9.17) is 4.74 Å². The lowest BCUT2D eigenvalue weighted by Crippen LogP contribution is -2.41. The third kappa shape index (κ3) is 5.76. The van der Waals surface area contributed by atoms with Gasteiger partial charge in [-0.05, 0) is 37.3 Å². The van der Waals surface area contributed by atoms with Crippen molar-refractivity contribution in [3.63, 3.8) is 0 Å². The number of rotatable bonds is 6. The van der Waals surface area contributed by atoms with Gasteiger partial charge in [0, 0.05) is 32.7 Å². The van der Waals surface area contributed by atoms with E-state index in [9.17, 15) is 0 Å². The molecule has 0 saturated heterocycles. The summed E-state index contributed by atoms with van der Waals surface area (Å²) in [5, 5.41) is 6.72. The highest BCUT2D eigenvalue weighted by molar-refractivity contribution is 14.0. The standard InChI is InChI=1S/C17H27N3O.HI/c1-3-21-12-11-19-17(18-2)20-13-15-9-6-8-14-7-4-5-10-16(14)15;/h4-5,7,10,15H,3,6,8-9,11-13H2,1-2H3,(H2,18,19,20);1H. The number of hydrogen-bond donors (Lipinski definition) is 2. The van der Waals surface area contributed by atoms with Gasteiger partial charge < -0.3 is 15.4 Å². The molecule has 5 heteroatoms. The van der Waals surface area contributed by atoms with E-state index in [0.29, 0.717) is 12.5 Å². The minimum Gasteiger partial charge on any atom is -0.380 e. The van der Waals surface area contributed by atoms with Crippen LogP contribution in [-0.2, 0) is 11.2 Å². The number of ether oxygens (including phenoxy) is 1. The molecule has 1 aromatic carbocycles. The number of aliphatic imine (C=N–C) groups is 1. The first-order valence-electron chi connectivity index (χ1n) is 7.95. The Morgan fingerprint density at radius 1 is 1.32 bits per heavy atom. The summed E-state index contributed by atoms with van der Waals surface area (Å²) >= 11 is 0. The predicted octanol–water partition coefficient (Wildman–Crippen LogP) is 2.93. The summed E-state index contributed by atoms with van der Waals surface area (Å²) in [4.78, 5) is 4.26. The summed E-state index contributed by atoms with van der Waals surface area (Å²) in [7, 11) is 1.81. The van der Waals surface area contributed by atoms with Crippen molar-refractivity contribution in [2.75, 3.05) is 33.4 Å². The Kier molecular flexibility index (Phi) is 9.47. The highest BCUT2D eigenvalue weighted by Gasteiger charge is 2.19. The van der Waals surface area contributed by atoms with Gasteiger partial charge in [-0.2, -0.15) is 0 Å². The molecule has 1 aromatic rings. The van der Waals surface area contributed by atoms with Crippen LogP contribution in [0.4, 0.5) is 0 Å². The predicted molar refractivity (Wildman–Crippen MR) is 103 cm³/mol. The molecule has 2 N–H and O–H groups in total. The van der Waals surface area contributed by atoms with Crippen molar-refractivity contribution in [3.05, 3.63) is 35.4 Å². The van der Waals surface area contributed by atoms with Crippen LogP contribution < -0.4 is 10.6 Å². The van der Waals surface area contributed by atoms with Gasteiger partial charge in [-0.1, -0.05) is 24.3 Å². The van der Waals surface area contributed by atoms with E-state index in [1.54, 1.807) is 0 Å². The van der Waals surface area contributed by atoms with Gasteiger partial charge in [-0.3, -0.25) is 4.99 Å². The highest BCUT2D eigenvalue weighted by atomic mass is 127. The van der Waals surface area contributed by atoms with Crippen molar-refractivity contribution >= 4 is 29.9 Å². The van der Waals surface area contributed by atoms with Gasteiger partial charge >= 0.3 is 0 Å². The molecule has 0 saturated carbocycles. The van der Waals surface area contributed by atoms with E-state index in [2.05, 4.69) is 39.9 Å². The topological polar surface area (TPSA) is 45.6 Å². The number of guanidine groups is 1. The lowest BCUT2D eigenvalue weighted by Gasteiger charge is -2.26. The molecular formula is C17H28IN3O. The minimum absolute atomic E-state index is 0. The summed E-state index contributed by atoms with van der Waals surface area (Å²) < 4.78 is 5.32. The molecule has 1 aliphatic carbocycles. The maximum Gasteiger partial charge on any atom is 0.191 e. The Bertz CT molecular complexity index is 465. The molecule has 0 aliphatic heterocycles. The first-order valence-corrected chi connectivity index (χ1v) is 7.95. The third-order valence-corrected chi connectivity index (χ3v) is 3.98. The van der Waals surface area contributed by atoms with Crippen LogP contribution in [0.25, 0.3) is 0 Å². The number of fused-ring (bicyclic) bond motifs is 1. The average Bonchev–Trinajstić information content (AvgIpc) is 2.54. The molecule has 0 radical (unpaired) electrons. The van der Waals surface area contributed by atoms with Crippen molar-refractivity contribution in [2.24, 2.45) is 4.99 Å². The zero-order valence-corrected chi connectivity index (χ0v) is 15.9. The molecule has 1 atom stereocenters. The third-order valence-electron chi connectivity index (χ3n) is 3.98. The van der Waals surface area contributed by atoms with Crippen molar-refractivity contribution < 1.29 is 4.74 Å². The number of nitrogens with one attached hydrogen (secondary N) is 2. The lowest BCUT2D eigenvalue weighted by molar-refractivity contribution is 0.152. The molecule has 22 heavy (non-hydrogen) atoms. The lowest BCUT2D eigenvalue weighted by atomic mass is 9.83. The number of halogens is 1. The second-order valence-electron chi connectivity index (χ2n) is 5.36. The molecular weight excluding hydrogens is 389 g/mol. The molecule has 4 nitrogen and oxygen atoms in total. The summed E-state index contributed by atoms with van der Waals surface area (Å²) in [5.74, 6) is 1.44. The van der Waals surface area contributed by atoms with Crippen LogP contribution >= 0.6 is 24.0 Å². The Balaban J connectivity index is 0.00000242. The quantitative estimate of drug-likeness (QED) is 0.324. The molecule has 0 spiro atoms. The number of nitrogens with zero attached hydrogens (tertiary/aromatic N) is 1.